The maximum Gasteiger partial charge on any atom is 0.222 e. The third kappa shape index (κ3) is 4.30. The average Bonchev–Trinajstić information content (AvgIpc) is 2.83. The van der Waals surface area contributed by atoms with Crippen molar-refractivity contribution in [1.29, 1.82) is 5.26 Å². The largest absolute Gasteiger partial charge is 0.504 e. The summed E-state index contributed by atoms with van der Waals surface area (Å²) in [6.45, 7) is 8.44. The monoisotopic (exact) mass is 443 g/mol. The highest BCUT2D eigenvalue weighted by Gasteiger charge is 2.23. The molecular formula is C25H22FN5O2. The summed E-state index contributed by atoms with van der Waals surface area (Å²) in [6, 6.07) is 13.2. The Hall–Kier alpha value is -4.14. The van der Waals surface area contributed by atoms with Gasteiger partial charge in [-0.2, -0.15) is 5.26 Å². The van der Waals surface area contributed by atoms with Gasteiger partial charge < -0.3 is 20.5 Å². The first-order chi connectivity index (χ1) is 15.9. The summed E-state index contributed by atoms with van der Waals surface area (Å²) in [4.78, 5) is 10.0. The zero-order valence-electron chi connectivity index (χ0n) is 18.0. The molecule has 1 aliphatic rings. The molecule has 1 saturated heterocycles. The van der Waals surface area contributed by atoms with Crippen LogP contribution in [0.2, 0.25) is 0 Å². The molecule has 33 heavy (non-hydrogen) atoms. The van der Waals surface area contributed by atoms with Crippen LogP contribution in [0.15, 0.2) is 42.5 Å². The number of hydrogen-bond acceptors (Lipinski definition) is 6. The molecular weight excluding hydrogens is 421 g/mol. The first kappa shape index (κ1) is 22.1. The van der Waals surface area contributed by atoms with Crippen molar-refractivity contribution in [3.63, 3.8) is 0 Å². The lowest BCUT2D eigenvalue weighted by Gasteiger charge is -2.32. The number of hydrogen-bond donors (Lipinski definition) is 2. The summed E-state index contributed by atoms with van der Waals surface area (Å²) < 4.78 is 19.6. The van der Waals surface area contributed by atoms with E-state index in [-0.39, 0.29) is 17.5 Å². The van der Waals surface area contributed by atoms with Crippen LogP contribution in [0.5, 0.6) is 11.5 Å². The number of piperidine rings is 1. The average molecular weight is 443 g/mol. The molecule has 1 aromatic heterocycles. The number of anilines is 1. The number of phenolic OH excluding ortho intramolecular Hbond substituents is 1. The SMILES string of the molecule is [C-]#[N+]c1ccc(-c2nc(N3CCC(N)CC3)c(C#N)cc2-c2ccc(OC)c(O)c2)cc1F. The van der Waals surface area contributed by atoms with E-state index >= 15 is 0 Å². The first-order valence-electron chi connectivity index (χ1n) is 10.5. The molecule has 0 unspecified atom stereocenters. The second kappa shape index (κ2) is 9.15. The summed E-state index contributed by atoms with van der Waals surface area (Å²) >= 11 is 0. The van der Waals surface area contributed by atoms with Gasteiger partial charge >= 0.3 is 0 Å². The van der Waals surface area contributed by atoms with Crippen LogP contribution in [0.25, 0.3) is 27.2 Å². The highest BCUT2D eigenvalue weighted by molar-refractivity contribution is 5.85. The number of methoxy groups -OCH3 is 1. The lowest BCUT2D eigenvalue weighted by Crippen LogP contribution is -2.40. The van der Waals surface area contributed by atoms with Crippen LogP contribution in [-0.2, 0) is 0 Å². The molecule has 0 saturated carbocycles. The summed E-state index contributed by atoms with van der Waals surface area (Å²) in [6.07, 6.45) is 1.56. The summed E-state index contributed by atoms with van der Waals surface area (Å²) in [7, 11) is 1.45. The van der Waals surface area contributed by atoms with E-state index in [4.69, 9.17) is 22.0 Å². The zero-order chi connectivity index (χ0) is 23.5. The van der Waals surface area contributed by atoms with Crippen molar-refractivity contribution in [2.24, 2.45) is 5.73 Å². The third-order valence-corrected chi connectivity index (χ3v) is 5.79. The van der Waals surface area contributed by atoms with Crippen LogP contribution < -0.4 is 15.4 Å². The molecule has 0 spiro atoms. The summed E-state index contributed by atoms with van der Waals surface area (Å²) in [5.41, 5.74) is 8.38. The molecule has 0 atom stereocenters. The van der Waals surface area contributed by atoms with E-state index in [1.54, 1.807) is 24.3 Å². The first-order valence-corrected chi connectivity index (χ1v) is 10.5. The van der Waals surface area contributed by atoms with Crippen molar-refractivity contribution in [3.8, 4) is 40.0 Å². The molecule has 3 aromatic rings. The smallest absolute Gasteiger partial charge is 0.222 e. The molecule has 3 N–H and O–H groups in total. The van der Waals surface area contributed by atoms with Crippen molar-refractivity contribution >= 4 is 11.5 Å². The molecule has 1 aliphatic heterocycles. The van der Waals surface area contributed by atoms with Gasteiger partial charge in [-0.05, 0) is 42.7 Å². The number of rotatable bonds is 4. The number of aromatic hydroxyl groups is 1. The fraction of sp³-hybridized carbons (Fsp3) is 0.240. The van der Waals surface area contributed by atoms with Gasteiger partial charge in [-0.3, -0.25) is 0 Å². The lowest BCUT2D eigenvalue weighted by atomic mass is 9.96. The van der Waals surface area contributed by atoms with E-state index < -0.39 is 5.82 Å². The number of aromatic nitrogens is 1. The molecule has 0 radical (unpaired) electrons. The molecule has 166 valence electrons. The van der Waals surface area contributed by atoms with Crippen LogP contribution in [0.1, 0.15) is 18.4 Å². The quantitative estimate of drug-likeness (QED) is 0.571. The lowest BCUT2D eigenvalue weighted by molar-refractivity contribution is 0.373. The maximum absolute atomic E-state index is 14.5. The van der Waals surface area contributed by atoms with Gasteiger partial charge in [0.15, 0.2) is 11.5 Å². The number of nitrogens with zero attached hydrogens (tertiary/aromatic N) is 4. The number of benzene rings is 2. The fourth-order valence-corrected chi connectivity index (χ4v) is 3.98. The molecule has 7 nitrogen and oxygen atoms in total. The van der Waals surface area contributed by atoms with Gasteiger partial charge in [0.25, 0.3) is 0 Å². The van der Waals surface area contributed by atoms with Gasteiger partial charge in [0.05, 0.1) is 24.9 Å². The van der Waals surface area contributed by atoms with Crippen LogP contribution in [-0.4, -0.2) is 36.3 Å². The molecule has 8 heteroatoms. The number of halogens is 1. The minimum absolute atomic E-state index is 0.0666. The van der Waals surface area contributed by atoms with Crippen LogP contribution in [0.3, 0.4) is 0 Å². The van der Waals surface area contributed by atoms with Gasteiger partial charge in [-0.15, -0.1) is 0 Å². The van der Waals surface area contributed by atoms with E-state index in [1.165, 1.54) is 25.3 Å². The number of pyridine rings is 1. The molecule has 0 amide bonds. The molecule has 0 aliphatic carbocycles. The van der Waals surface area contributed by atoms with E-state index in [1.807, 2.05) is 4.90 Å². The number of phenols is 1. The molecule has 2 aromatic carbocycles. The zero-order valence-corrected chi connectivity index (χ0v) is 18.0. The van der Waals surface area contributed by atoms with Gasteiger partial charge in [-0.1, -0.05) is 18.2 Å². The van der Waals surface area contributed by atoms with Crippen LogP contribution in [0, 0.1) is 23.7 Å². The maximum atomic E-state index is 14.5. The Labute approximate surface area is 191 Å². The Morgan fingerprint density at radius 1 is 1.21 bits per heavy atom. The summed E-state index contributed by atoms with van der Waals surface area (Å²) in [5, 5.41) is 20.2. The third-order valence-electron chi connectivity index (χ3n) is 5.79. The predicted octanol–water partition coefficient (Wildman–Crippen LogP) is 4.62. The van der Waals surface area contributed by atoms with Gasteiger partial charge in [0, 0.05) is 30.3 Å². The topological polar surface area (TPSA) is 99.8 Å². The summed E-state index contributed by atoms with van der Waals surface area (Å²) in [5.74, 6) is 0.101. The van der Waals surface area contributed by atoms with E-state index in [9.17, 15) is 14.8 Å². The van der Waals surface area contributed by atoms with Crippen molar-refractivity contribution < 1.29 is 14.2 Å². The standard InChI is InChI=1S/C25H22FN5O2/c1-29-21-5-3-16(12-20(21)26)24-19(15-4-6-23(33-2)22(32)13-15)11-17(14-27)25(30-24)31-9-7-18(28)8-10-31/h3-6,11-13,18,32H,7-10,28H2,2H3. The minimum Gasteiger partial charge on any atom is -0.504 e. The number of ether oxygens (including phenoxy) is 1. The second-order valence-electron chi connectivity index (χ2n) is 7.86. The van der Waals surface area contributed by atoms with Crippen molar-refractivity contribution in [3.05, 3.63) is 65.3 Å². The Bertz CT molecular complexity index is 1290. The van der Waals surface area contributed by atoms with E-state index in [0.29, 0.717) is 52.6 Å². The minimum atomic E-state index is -0.650. The Balaban J connectivity index is 1.93. The van der Waals surface area contributed by atoms with Crippen molar-refractivity contribution in [1.82, 2.24) is 4.98 Å². The molecule has 2 heterocycles. The highest BCUT2D eigenvalue weighted by Crippen LogP contribution is 2.39. The van der Waals surface area contributed by atoms with Crippen LogP contribution >= 0.6 is 0 Å². The Morgan fingerprint density at radius 3 is 2.55 bits per heavy atom. The van der Waals surface area contributed by atoms with Crippen molar-refractivity contribution in [2.45, 2.75) is 18.9 Å². The normalized spacial score (nSPS) is 13.9. The molecule has 0 bridgehead atoms. The molecule has 1 fully saturated rings. The second-order valence-corrected chi connectivity index (χ2v) is 7.86. The Morgan fingerprint density at radius 2 is 1.94 bits per heavy atom. The highest BCUT2D eigenvalue weighted by atomic mass is 19.1. The van der Waals surface area contributed by atoms with Gasteiger partial charge in [-0.25, -0.2) is 14.2 Å². The van der Waals surface area contributed by atoms with Gasteiger partial charge in [0.2, 0.25) is 5.69 Å². The van der Waals surface area contributed by atoms with E-state index in [0.717, 1.165) is 12.8 Å². The van der Waals surface area contributed by atoms with Gasteiger partial charge in [0.1, 0.15) is 17.7 Å². The van der Waals surface area contributed by atoms with E-state index in [2.05, 4.69) is 10.9 Å². The Kier molecular flexibility index (Phi) is 6.12. The van der Waals surface area contributed by atoms with Crippen molar-refractivity contribution in [2.75, 3.05) is 25.1 Å². The van der Waals surface area contributed by atoms with Crippen LogP contribution in [0.4, 0.5) is 15.9 Å². The molecule has 4 rings (SSSR count). The number of nitriles is 1. The number of nitrogens with two attached hydrogens (primary N) is 1. The predicted molar refractivity (Wildman–Crippen MR) is 124 cm³/mol. The fourth-order valence-electron chi connectivity index (χ4n) is 3.98.